The van der Waals surface area contributed by atoms with Crippen molar-refractivity contribution in [3.8, 4) is 11.8 Å². The molecule has 0 saturated carbocycles. The SMILES string of the molecule is O=C(O)c1ccc(Cn2cnc3cnc(C#CCc4ccc([N+](=O)[O-])cc4)cc3c2=O)cc1. The number of carboxylic acids is 1. The number of pyridine rings is 1. The number of nitro benzene ring substituents is 1. The van der Waals surface area contributed by atoms with Gasteiger partial charge in [-0.3, -0.25) is 19.5 Å². The van der Waals surface area contributed by atoms with Crippen molar-refractivity contribution >= 4 is 22.6 Å². The first-order valence-electron chi connectivity index (χ1n) is 9.80. The van der Waals surface area contributed by atoms with Gasteiger partial charge in [0.15, 0.2) is 0 Å². The zero-order chi connectivity index (χ0) is 23.4. The van der Waals surface area contributed by atoms with Crippen LogP contribution in [0.4, 0.5) is 5.69 Å². The highest BCUT2D eigenvalue weighted by Crippen LogP contribution is 2.12. The average Bonchev–Trinajstić information content (AvgIpc) is 2.82. The molecule has 9 nitrogen and oxygen atoms in total. The molecule has 2 aromatic carbocycles. The van der Waals surface area contributed by atoms with Crippen LogP contribution in [0.25, 0.3) is 10.9 Å². The Kier molecular flexibility index (Phi) is 5.91. The lowest BCUT2D eigenvalue weighted by Gasteiger charge is -2.07. The molecule has 0 unspecified atom stereocenters. The maximum Gasteiger partial charge on any atom is 0.335 e. The number of aromatic carboxylic acids is 1. The van der Waals surface area contributed by atoms with Crippen LogP contribution < -0.4 is 5.56 Å². The lowest BCUT2D eigenvalue weighted by atomic mass is 10.1. The van der Waals surface area contributed by atoms with Gasteiger partial charge in [-0.25, -0.2) is 14.8 Å². The number of hydrogen-bond acceptors (Lipinski definition) is 6. The molecule has 0 aliphatic heterocycles. The van der Waals surface area contributed by atoms with Gasteiger partial charge in [0.05, 0.1) is 40.5 Å². The summed E-state index contributed by atoms with van der Waals surface area (Å²) < 4.78 is 1.44. The van der Waals surface area contributed by atoms with Crippen molar-refractivity contribution in [3.05, 3.63) is 110 Å². The summed E-state index contributed by atoms with van der Waals surface area (Å²) in [5.74, 6) is 4.86. The second-order valence-electron chi connectivity index (χ2n) is 7.17. The summed E-state index contributed by atoms with van der Waals surface area (Å²) in [6.07, 6.45) is 3.29. The van der Waals surface area contributed by atoms with Gasteiger partial charge in [-0.05, 0) is 35.2 Å². The number of fused-ring (bicyclic) bond motifs is 1. The van der Waals surface area contributed by atoms with Gasteiger partial charge < -0.3 is 5.11 Å². The van der Waals surface area contributed by atoms with Gasteiger partial charge in [-0.2, -0.15) is 0 Å². The van der Waals surface area contributed by atoms with Gasteiger partial charge in [0.2, 0.25) is 0 Å². The summed E-state index contributed by atoms with van der Waals surface area (Å²) in [5, 5.41) is 20.1. The van der Waals surface area contributed by atoms with E-state index in [1.54, 1.807) is 30.3 Å². The Balaban J connectivity index is 1.55. The van der Waals surface area contributed by atoms with Gasteiger partial charge in [0.25, 0.3) is 11.2 Å². The molecule has 0 atom stereocenters. The Labute approximate surface area is 187 Å². The van der Waals surface area contributed by atoms with Crippen molar-refractivity contribution in [3.63, 3.8) is 0 Å². The molecule has 0 aliphatic carbocycles. The van der Waals surface area contributed by atoms with E-state index >= 15 is 0 Å². The number of carbonyl (C=O) groups is 1. The Hall–Kier alpha value is -4.84. The molecule has 4 rings (SSSR count). The fraction of sp³-hybridized carbons (Fsp3) is 0.0833. The highest BCUT2D eigenvalue weighted by Gasteiger charge is 2.08. The second-order valence-corrected chi connectivity index (χ2v) is 7.17. The van der Waals surface area contributed by atoms with Gasteiger partial charge in [0.1, 0.15) is 5.69 Å². The standard InChI is InChI=1S/C24H16N4O5/c29-23-21-12-19(3-1-2-16-6-10-20(11-7-16)28(32)33)25-13-22(21)26-15-27(23)14-17-4-8-18(9-5-17)24(30)31/h4-13,15H,2,14H2,(H,30,31). The van der Waals surface area contributed by atoms with Crippen LogP contribution in [-0.2, 0) is 13.0 Å². The molecule has 0 saturated heterocycles. The Morgan fingerprint density at radius 2 is 1.76 bits per heavy atom. The van der Waals surface area contributed by atoms with E-state index in [0.29, 0.717) is 23.0 Å². The van der Waals surface area contributed by atoms with Crippen molar-refractivity contribution in [2.75, 3.05) is 0 Å². The number of aromatic nitrogens is 3. The van der Waals surface area contributed by atoms with E-state index < -0.39 is 10.9 Å². The van der Waals surface area contributed by atoms with Crippen LogP contribution in [0, 0.1) is 22.0 Å². The topological polar surface area (TPSA) is 128 Å². The van der Waals surface area contributed by atoms with E-state index in [0.717, 1.165) is 11.1 Å². The maximum absolute atomic E-state index is 12.9. The van der Waals surface area contributed by atoms with Crippen LogP contribution in [0.15, 0.2) is 71.9 Å². The predicted octanol–water partition coefficient (Wildman–Crippen LogP) is 3.04. The molecular weight excluding hydrogens is 424 g/mol. The molecule has 1 N–H and O–H groups in total. The normalized spacial score (nSPS) is 10.4. The minimum Gasteiger partial charge on any atom is -0.478 e. The van der Waals surface area contributed by atoms with Crippen LogP contribution in [0.2, 0.25) is 0 Å². The van der Waals surface area contributed by atoms with Gasteiger partial charge in [0, 0.05) is 18.6 Å². The molecular formula is C24H16N4O5. The first-order valence-corrected chi connectivity index (χ1v) is 9.80. The Morgan fingerprint density at radius 3 is 2.42 bits per heavy atom. The summed E-state index contributed by atoms with van der Waals surface area (Å²) in [6.45, 7) is 0.241. The first kappa shape index (κ1) is 21.4. The van der Waals surface area contributed by atoms with Crippen LogP contribution in [0.1, 0.15) is 27.2 Å². The number of rotatable bonds is 5. The first-order chi connectivity index (χ1) is 15.9. The Morgan fingerprint density at radius 1 is 1.06 bits per heavy atom. The van der Waals surface area contributed by atoms with Crippen LogP contribution >= 0.6 is 0 Å². The van der Waals surface area contributed by atoms with Crippen LogP contribution in [0.3, 0.4) is 0 Å². The lowest BCUT2D eigenvalue weighted by molar-refractivity contribution is -0.384. The largest absolute Gasteiger partial charge is 0.478 e. The van der Waals surface area contributed by atoms with Crippen molar-refractivity contribution < 1.29 is 14.8 Å². The van der Waals surface area contributed by atoms with Crippen molar-refractivity contribution in [1.82, 2.24) is 14.5 Å². The van der Waals surface area contributed by atoms with Crippen LogP contribution in [0.5, 0.6) is 0 Å². The van der Waals surface area contributed by atoms with E-state index in [1.165, 1.54) is 41.4 Å². The third-order valence-electron chi connectivity index (χ3n) is 4.92. The molecule has 0 spiro atoms. The summed E-state index contributed by atoms with van der Waals surface area (Å²) in [7, 11) is 0. The Bertz CT molecular complexity index is 1480. The number of nitro groups is 1. The van der Waals surface area contributed by atoms with Crippen molar-refractivity contribution in [2.24, 2.45) is 0 Å². The zero-order valence-corrected chi connectivity index (χ0v) is 17.1. The summed E-state index contributed by atoms with van der Waals surface area (Å²) in [4.78, 5) is 42.7. The number of carboxylic acid groups (broad SMARTS) is 1. The van der Waals surface area contributed by atoms with Gasteiger partial charge in [-0.15, -0.1) is 0 Å². The molecule has 0 radical (unpaired) electrons. The van der Waals surface area contributed by atoms with Gasteiger partial charge in [-0.1, -0.05) is 30.2 Å². The molecule has 0 bridgehead atoms. The minimum atomic E-state index is -1.01. The fourth-order valence-corrected chi connectivity index (χ4v) is 3.16. The number of hydrogen-bond donors (Lipinski definition) is 1. The molecule has 33 heavy (non-hydrogen) atoms. The summed E-state index contributed by atoms with van der Waals surface area (Å²) >= 11 is 0. The van der Waals surface area contributed by atoms with E-state index in [2.05, 4.69) is 21.8 Å². The average molecular weight is 440 g/mol. The quantitative estimate of drug-likeness (QED) is 0.287. The van der Waals surface area contributed by atoms with Crippen molar-refractivity contribution in [2.45, 2.75) is 13.0 Å². The zero-order valence-electron chi connectivity index (χ0n) is 17.1. The highest BCUT2D eigenvalue weighted by molar-refractivity contribution is 5.87. The molecule has 2 heterocycles. The maximum atomic E-state index is 12.9. The van der Waals surface area contributed by atoms with E-state index in [9.17, 15) is 19.7 Å². The summed E-state index contributed by atoms with van der Waals surface area (Å²) in [6, 6.07) is 14.0. The summed E-state index contributed by atoms with van der Waals surface area (Å²) in [5.41, 5.74) is 2.37. The minimum absolute atomic E-state index is 0.0181. The number of benzene rings is 2. The molecule has 0 fully saturated rings. The number of non-ortho nitro benzene ring substituents is 1. The van der Waals surface area contributed by atoms with Gasteiger partial charge >= 0.3 is 5.97 Å². The second kappa shape index (κ2) is 9.11. The third-order valence-corrected chi connectivity index (χ3v) is 4.92. The monoisotopic (exact) mass is 440 g/mol. The highest BCUT2D eigenvalue weighted by atomic mass is 16.6. The molecule has 9 heteroatoms. The van der Waals surface area contributed by atoms with E-state index in [4.69, 9.17) is 5.11 Å². The number of nitrogens with zero attached hydrogens (tertiary/aromatic N) is 4. The smallest absolute Gasteiger partial charge is 0.335 e. The lowest BCUT2D eigenvalue weighted by Crippen LogP contribution is -2.21. The van der Waals surface area contributed by atoms with Crippen molar-refractivity contribution in [1.29, 1.82) is 0 Å². The molecule has 162 valence electrons. The molecule has 2 aromatic heterocycles. The van der Waals surface area contributed by atoms with E-state index in [1.807, 2.05) is 0 Å². The molecule has 0 amide bonds. The fourth-order valence-electron chi connectivity index (χ4n) is 3.16. The van der Waals surface area contributed by atoms with Crippen LogP contribution in [-0.4, -0.2) is 30.5 Å². The predicted molar refractivity (Wildman–Crippen MR) is 120 cm³/mol. The molecule has 0 aliphatic rings. The third kappa shape index (κ3) is 4.91. The molecule has 4 aromatic rings. The van der Waals surface area contributed by atoms with E-state index in [-0.39, 0.29) is 23.4 Å².